The van der Waals surface area contributed by atoms with Crippen LogP contribution in [0.3, 0.4) is 0 Å². The van der Waals surface area contributed by atoms with Crippen LogP contribution in [0.2, 0.25) is 0 Å². The lowest BCUT2D eigenvalue weighted by Gasteiger charge is -2.02. The van der Waals surface area contributed by atoms with E-state index in [2.05, 4.69) is 10.3 Å². The molecule has 0 fully saturated rings. The maximum absolute atomic E-state index is 12.2. The first-order chi connectivity index (χ1) is 13.7. The standard InChI is InChI=1S/C21H18N2O3S2/c1-25-15-7-8-18-14(11-15)12-19(26-18)17-13-28-21(22-17)23-20(24)9-10-27-16-5-3-2-4-6-16/h2-8,11-13H,9-10H2,1H3,(H,22,23,24). The highest BCUT2D eigenvalue weighted by Gasteiger charge is 2.12. The van der Waals surface area contributed by atoms with E-state index in [1.807, 2.05) is 60.0 Å². The second-order valence-corrected chi connectivity index (χ2v) is 8.04. The SMILES string of the molecule is COc1ccc2oc(-c3csc(NC(=O)CCSc4ccccc4)n3)cc2c1. The van der Waals surface area contributed by atoms with Crippen LogP contribution in [-0.4, -0.2) is 23.8 Å². The van der Waals surface area contributed by atoms with Crippen LogP contribution in [0, 0.1) is 0 Å². The number of thioether (sulfide) groups is 1. The maximum atomic E-state index is 12.2. The average Bonchev–Trinajstić information content (AvgIpc) is 3.34. The molecule has 7 heteroatoms. The number of nitrogens with zero attached hydrogens (tertiary/aromatic N) is 1. The molecule has 142 valence electrons. The summed E-state index contributed by atoms with van der Waals surface area (Å²) in [7, 11) is 1.63. The minimum atomic E-state index is -0.0429. The Bertz CT molecular complexity index is 1090. The highest BCUT2D eigenvalue weighted by atomic mass is 32.2. The Balaban J connectivity index is 1.36. The number of methoxy groups -OCH3 is 1. The molecule has 4 rings (SSSR count). The minimum absolute atomic E-state index is 0.0429. The van der Waals surface area contributed by atoms with Gasteiger partial charge in [-0.2, -0.15) is 0 Å². The van der Waals surface area contributed by atoms with Crippen LogP contribution in [0.4, 0.5) is 5.13 Å². The van der Waals surface area contributed by atoms with Crippen molar-refractivity contribution >= 4 is 45.1 Å². The first-order valence-electron chi connectivity index (χ1n) is 8.72. The second kappa shape index (κ2) is 8.50. The van der Waals surface area contributed by atoms with Crippen LogP contribution in [0.15, 0.2) is 69.3 Å². The van der Waals surface area contributed by atoms with Gasteiger partial charge in [-0.15, -0.1) is 23.1 Å². The van der Waals surface area contributed by atoms with Crippen LogP contribution in [-0.2, 0) is 4.79 Å². The molecular weight excluding hydrogens is 392 g/mol. The van der Waals surface area contributed by atoms with E-state index in [9.17, 15) is 4.79 Å². The van der Waals surface area contributed by atoms with Gasteiger partial charge in [0.05, 0.1) is 7.11 Å². The molecule has 2 heterocycles. The van der Waals surface area contributed by atoms with Crippen molar-refractivity contribution < 1.29 is 13.9 Å². The largest absolute Gasteiger partial charge is 0.497 e. The van der Waals surface area contributed by atoms with Crippen molar-refractivity contribution in [2.45, 2.75) is 11.3 Å². The number of amides is 1. The predicted octanol–water partition coefficient (Wildman–Crippen LogP) is 5.69. The molecule has 0 unspecified atom stereocenters. The van der Waals surface area contributed by atoms with Crippen molar-refractivity contribution in [3.63, 3.8) is 0 Å². The van der Waals surface area contributed by atoms with Crippen molar-refractivity contribution in [2.75, 3.05) is 18.2 Å². The van der Waals surface area contributed by atoms with Crippen LogP contribution in [0.25, 0.3) is 22.4 Å². The van der Waals surface area contributed by atoms with Crippen LogP contribution in [0.1, 0.15) is 6.42 Å². The molecule has 0 spiro atoms. The van der Waals surface area contributed by atoms with Gasteiger partial charge in [-0.1, -0.05) is 18.2 Å². The van der Waals surface area contributed by atoms with Crippen molar-refractivity contribution in [1.82, 2.24) is 4.98 Å². The Morgan fingerprint density at radius 2 is 2.07 bits per heavy atom. The molecule has 0 aliphatic carbocycles. The van der Waals surface area contributed by atoms with Gasteiger partial charge in [-0.25, -0.2) is 4.98 Å². The summed E-state index contributed by atoms with van der Waals surface area (Å²) in [4.78, 5) is 17.8. The average molecular weight is 411 g/mol. The molecule has 0 aliphatic rings. The lowest BCUT2D eigenvalue weighted by Crippen LogP contribution is -2.11. The molecule has 5 nitrogen and oxygen atoms in total. The maximum Gasteiger partial charge on any atom is 0.226 e. The third-order valence-corrected chi connectivity index (χ3v) is 5.84. The molecule has 0 saturated carbocycles. The fourth-order valence-electron chi connectivity index (χ4n) is 2.68. The number of rotatable bonds is 7. The summed E-state index contributed by atoms with van der Waals surface area (Å²) in [5.41, 5.74) is 1.47. The minimum Gasteiger partial charge on any atom is -0.497 e. The Labute approximate surface area is 170 Å². The number of ether oxygens (including phenoxy) is 1. The molecule has 1 amide bonds. The molecule has 4 aromatic rings. The second-order valence-electron chi connectivity index (χ2n) is 6.01. The number of aromatic nitrogens is 1. The molecule has 2 aromatic heterocycles. The first-order valence-corrected chi connectivity index (χ1v) is 10.6. The Morgan fingerprint density at radius 3 is 2.89 bits per heavy atom. The molecule has 2 aromatic carbocycles. The summed E-state index contributed by atoms with van der Waals surface area (Å²) in [6.45, 7) is 0. The third kappa shape index (κ3) is 4.37. The summed E-state index contributed by atoms with van der Waals surface area (Å²) in [6.07, 6.45) is 0.429. The molecule has 0 bridgehead atoms. The number of nitrogens with one attached hydrogen (secondary N) is 1. The number of thiazole rings is 1. The fourth-order valence-corrected chi connectivity index (χ4v) is 4.27. The van der Waals surface area contributed by atoms with Crippen molar-refractivity contribution in [1.29, 1.82) is 0 Å². The number of fused-ring (bicyclic) bond motifs is 1. The number of furan rings is 1. The van der Waals surface area contributed by atoms with Crippen LogP contribution < -0.4 is 10.1 Å². The Hall–Kier alpha value is -2.77. The summed E-state index contributed by atoms with van der Waals surface area (Å²) < 4.78 is 11.1. The van der Waals surface area contributed by atoms with E-state index in [-0.39, 0.29) is 5.91 Å². The Kier molecular flexibility index (Phi) is 5.64. The molecular formula is C21H18N2O3S2. The summed E-state index contributed by atoms with van der Waals surface area (Å²) >= 11 is 3.05. The van der Waals surface area contributed by atoms with Gasteiger partial charge in [0.15, 0.2) is 10.9 Å². The van der Waals surface area contributed by atoms with Gasteiger partial charge in [0.2, 0.25) is 5.91 Å². The number of carbonyl (C=O) groups is 1. The highest BCUT2D eigenvalue weighted by Crippen LogP contribution is 2.32. The number of anilines is 1. The van der Waals surface area contributed by atoms with E-state index < -0.39 is 0 Å². The smallest absolute Gasteiger partial charge is 0.226 e. The quantitative estimate of drug-likeness (QED) is 0.397. The highest BCUT2D eigenvalue weighted by molar-refractivity contribution is 7.99. The third-order valence-electron chi connectivity index (χ3n) is 4.07. The fraction of sp³-hybridized carbons (Fsp3) is 0.143. The van der Waals surface area contributed by atoms with Crippen LogP contribution >= 0.6 is 23.1 Å². The molecule has 1 N–H and O–H groups in total. The number of hydrogen-bond acceptors (Lipinski definition) is 6. The number of benzene rings is 2. The van der Waals surface area contributed by atoms with Crippen molar-refractivity contribution in [3.8, 4) is 17.2 Å². The summed E-state index contributed by atoms with van der Waals surface area (Å²) in [6, 6.07) is 17.6. The zero-order valence-electron chi connectivity index (χ0n) is 15.2. The van der Waals surface area contributed by atoms with Gasteiger partial charge < -0.3 is 14.5 Å². The zero-order chi connectivity index (χ0) is 19.3. The van der Waals surface area contributed by atoms with Crippen LogP contribution in [0.5, 0.6) is 5.75 Å². The van der Waals surface area contributed by atoms with Gasteiger partial charge in [0.25, 0.3) is 0 Å². The zero-order valence-corrected chi connectivity index (χ0v) is 16.8. The topological polar surface area (TPSA) is 64.4 Å². The first kappa shape index (κ1) is 18.6. The van der Waals surface area contributed by atoms with Crippen molar-refractivity contribution in [3.05, 3.63) is 60.0 Å². The van der Waals surface area contributed by atoms with Gasteiger partial charge in [0, 0.05) is 27.8 Å². The molecule has 0 aliphatic heterocycles. The monoisotopic (exact) mass is 410 g/mol. The van der Waals surface area contributed by atoms with Crippen molar-refractivity contribution in [2.24, 2.45) is 0 Å². The number of carbonyl (C=O) groups excluding carboxylic acids is 1. The van der Waals surface area contributed by atoms with Gasteiger partial charge >= 0.3 is 0 Å². The molecule has 0 atom stereocenters. The van der Waals surface area contributed by atoms with E-state index in [0.717, 1.165) is 27.4 Å². The predicted molar refractivity (Wildman–Crippen MR) is 114 cm³/mol. The molecule has 0 radical (unpaired) electrons. The number of hydrogen-bond donors (Lipinski definition) is 1. The van der Waals surface area contributed by atoms with E-state index >= 15 is 0 Å². The molecule has 28 heavy (non-hydrogen) atoms. The van der Waals surface area contributed by atoms with Gasteiger partial charge in [-0.3, -0.25) is 4.79 Å². The lowest BCUT2D eigenvalue weighted by molar-refractivity contribution is -0.115. The van der Waals surface area contributed by atoms with E-state index in [1.54, 1.807) is 18.9 Å². The van der Waals surface area contributed by atoms with E-state index in [1.165, 1.54) is 11.3 Å². The summed E-state index contributed by atoms with van der Waals surface area (Å²) in [5, 5.41) is 6.26. The summed E-state index contributed by atoms with van der Waals surface area (Å²) in [5.74, 6) is 2.12. The van der Waals surface area contributed by atoms with E-state index in [0.29, 0.717) is 23.0 Å². The van der Waals surface area contributed by atoms with Gasteiger partial charge in [-0.05, 0) is 36.4 Å². The van der Waals surface area contributed by atoms with Gasteiger partial charge in [0.1, 0.15) is 17.0 Å². The van der Waals surface area contributed by atoms with E-state index in [4.69, 9.17) is 9.15 Å². The normalized spacial score (nSPS) is 10.9. The molecule has 0 saturated heterocycles. The lowest BCUT2D eigenvalue weighted by atomic mass is 10.2. The Morgan fingerprint density at radius 1 is 1.21 bits per heavy atom.